The van der Waals surface area contributed by atoms with Crippen molar-refractivity contribution < 1.29 is 0 Å². The van der Waals surface area contributed by atoms with Crippen LogP contribution in [0.25, 0.3) is 121 Å². The molecule has 442 valence electrons. The molecular formula is C86H88N2. The molecule has 0 atom stereocenters. The van der Waals surface area contributed by atoms with Crippen LogP contribution in [-0.4, -0.2) is 9.13 Å². The third kappa shape index (κ3) is 10.5. The van der Waals surface area contributed by atoms with E-state index in [1.807, 2.05) is 0 Å². The van der Waals surface area contributed by atoms with Crippen LogP contribution in [0.5, 0.6) is 0 Å². The quantitative estimate of drug-likeness (QED) is 0.157. The third-order valence-electron chi connectivity index (χ3n) is 19.1. The summed E-state index contributed by atoms with van der Waals surface area (Å²) in [6.07, 6.45) is 0. The Labute approximate surface area is 523 Å². The summed E-state index contributed by atoms with van der Waals surface area (Å²) >= 11 is 0. The lowest BCUT2D eigenvalue weighted by Gasteiger charge is -2.21. The molecule has 0 aliphatic heterocycles. The highest BCUT2D eigenvalue weighted by molar-refractivity contribution is 6.11. The van der Waals surface area contributed by atoms with Crippen LogP contribution in [-0.2, 0) is 32.5 Å². The van der Waals surface area contributed by atoms with Gasteiger partial charge in [-0.15, -0.1) is 0 Å². The van der Waals surface area contributed by atoms with Crippen molar-refractivity contribution >= 4 is 65.2 Å². The second-order valence-corrected chi connectivity index (χ2v) is 31.7. The standard InChI is InChI=1S/C86H88N2/c1-81(2,3)61-29-23-55-43-59(21-19-57(55)45-61)71-51-70(54-27-37-68(38-28-54)88-79-41-33-65(85(13,14)15)49-75(79)76-50-66(86(16,17)18)34-42-80(76)88)72(60-22-20-58-46-62(82(4,5)6)30-24-56(58)44-60)52-69(71)53-25-35-67(36-26-53)87-77-39-31-63(83(7,8)9)47-73(77)74-48-64(84(10,11)12)32-40-78(74)87/h19-52H,1-18H3. The molecule has 0 aliphatic carbocycles. The molecule has 0 bridgehead atoms. The second-order valence-electron chi connectivity index (χ2n) is 31.7. The van der Waals surface area contributed by atoms with Crippen LogP contribution in [0.3, 0.4) is 0 Å². The van der Waals surface area contributed by atoms with Crippen molar-refractivity contribution in [2.75, 3.05) is 0 Å². The van der Waals surface area contributed by atoms with Gasteiger partial charge in [-0.1, -0.05) is 234 Å². The molecule has 0 radical (unpaired) electrons. The van der Waals surface area contributed by atoms with E-state index < -0.39 is 0 Å². The van der Waals surface area contributed by atoms with Crippen LogP contribution in [0.1, 0.15) is 158 Å². The smallest absolute Gasteiger partial charge is 0.0541 e. The molecule has 11 aromatic carbocycles. The van der Waals surface area contributed by atoms with Crippen LogP contribution in [0.4, 0.5) is 0 Å². The lowest BCUT2D eigenvalue weighted by molar-refractivity contribution is 0.590. The number of hydrogen-bond donors (Lipinski definition) is 0. The topological polar surface area (TPSA) is 9.86 Å². The largest absolute Gasteiger partial charge is 0.309 e. The van der Waals surface area contributed by atoms with Gasteiger partial charge in [-0.2, -0.15) is 0 Å². The predicted octanol–water partition coefficient (Wildman–Crippen LogP) is 24.6. The van der Waals surface area contributed by atoms with E-state index >= 15 is 0 Å². The number of benzene rings is 11. The maximum atomic E-state index is 2.50. The molecule has 0 unspecified atom stereocenters. The van der Waals surface area contributed by atoms with Crippen LogP contribution in [0, 0.1) is 0 Å². The molecule has 2 aromatic heterocycles. The summed E-state index contributed by atoms with van der Waals surface area (Å²) in [5.41, 5.74) is 24.9. The molecule has 2 nitrogen and oxygen atoms in total. The molecule has 0 amide bonds. The van der Waals surface area contributed by atoms with E-state index in [1.165, 1.54) is 143 Å². The van der Waals surface area contributed by atoms with E-state index in [0.29, 0.717) is 0 Å². The fourth-order valence-corrected chi connectivity index (χ4v) is 13.4. The summed E-state index contributed by atoms with van der Waals surface area (Å²) in [4.78, 5) is 0. The zero-order valence-corrected chi connectivity index (χ0v) is 55.5. The highest BCUT2D eigenvalue weighted by atomic mass is 15.0. The lowest BCUT2D eigenvalue weighted by Crippen LogP contribution is -2.10. The number of nitrogens with zero attached hydrogens (tertiary/aromatic N) is 2. The Morgan fingerprint density at radius 2 is 0.409 bits per heavy atom. The van der Waals surface area contributed by atoms with Crippen molar-refractivity contribution in [2.45, 2.75) is 157 Å². The molecule has 0 spiro atoms. The van der Waals surface area contributed by atoms with Gasteiger partial charge < -0.3 is 9.13 Å². The van der Waals surface area contributed by atoms with Crippen molar-refractivity contribution in [2.24, 2.45) is 0 Å². The summed E-state index contributed by atoms with van der Waals surface area (Å²) in [6, 6.07) is 80.6. The van der Waals surface area contributed by atoms with Crippen LogP contribution in [0.2, 0.25) is 0 Å². The van der Waals surface area contributed by atoms with Crippen molar-refractivity contribution in [3.63, 3.8) is 0 Å². The van der Waals surface area contributed by atoms with E-state index in [0.717, 1.165) is 11.4 Å². The first kappa shape index (κ1) is 58.6. The predicted molar refractivity (Wildman–Crippen MR) is 384 cm³/mol. The SMILES string of the molecule is CC(C)(C)c1ccc2cc(-c3cc(-c4ccc(-n5c6ccc(C(C)(C)C)cc6c6cc(C(C)(C)C)ccc65)cc4)c(-c4ccc5cc(C(C)(C)C)ccc5c4)cc3-c3ccc(-n4c5ccc(C(C)(C)C)cc5c5cc(C(C)(C)C)ccc54)cc3)ccc2c1. The Kier molecular flexibility index (Phi) is 13.7. The molecule has 13 rings (SSSR count). The Morgan fingerprint density at radius 1 is 0.193 bits per heavy atom. The van der Waals surface area contributed by atoms with E-state index in [1.54, 1.807) is 0 Å². The molecule has 2 heterocycles. The van der Waals surface area contributed by atoms with Gasteiger partial charge >= 0.3 is 0 Å². The highest BCUT2D eigenvalue weighted by Crippen LogP contribution is 2.46. The van der Waals surface area contributed by atoms with Gasteiger partial charge in [0.2, 0.25) is 0 Å². The molecular weight excluding hydrogens is 1060 g/mol. The van der Waals surface area contributed by atoms with Gasteiger partial charge in [0.15, 0.2) is 0 Å². The minimum atomic E-state index is 0.0198. The monoisotopic (exact) mass is 1150 g/mol. The lowest BCUT2D eigenvalue weighted by atomic mass is 9.83. The van der Waals surface area contributed by atoms with E-state index in [9.17, 15) is 0 Å². The van der Waals surface area contributed by atoms with Gasteiger partial charge in [-0.3, -0.25) is 0 Å². The minimum absolute atomic E-state index is 0.0198. The highest BCUT2D eigenvalue weighted by Gasteiger charge is 2.26. The number of aromatic nitrogens is 2. The third-order valence-corrected chi connectivity index (χ3v) is 19.1. The first-order valence-electron chi connectivity index (χ1n) is 32.0. The number of fused-ring (bicyclic) bond motifs is 8. The first-order valence-corrected chi connectivity index (χ1v) is 32.0. The van der Waals surface area contributed by atoms with Gasteiger partial charge in [0.1, 0.15) is 0 Å². The molecule has 2 heteroatoms. The Morgan fingerprint density at radius 3 is 0.682 bits per heavy atom. The fourth-order valence-electron chi connectivity index (χ4n) is 13.4. The van der Waals surface area contributed by atoms with Gasteiger partial charge in [0.25, 0.3) is 0 Å². The zero-order valence-electron chi connectivity index (χ0n) is 55.5. The molecule has 13 aromatic rings. The fraction of sp³-hybridized carbons (Fsp3) is 0.279. The summed E-state index contributed by atoms with van der Waals surface area (Å²) in [5.74, 6) is 0. The average Bonchev–Trinajstić information content (AvgIpc) is 1.63. The van der Waals surface area contributed by atoms with Gasteiger partial charge in [0, 0.05) is 32.9 Å². The summed E-state index contributed by atoms with van der Waals surface area (Å²) in [5, 5.41) is 10.2. The van der Waals surface area contributed by atoms with Gasteiger partial charge in [-0.25, -0.2) is 0 Å². The van der Waals surface area contributed by atoms with Crippen LogP contribution < -0.4 is 0 Å². The average molecular weight is 1150 g/mol. The summed E-state index contributed by atoms with van der Waals surface area (Å²) in [7, 11) is 0. The van der Waals surface area contributed by atoms with E-state index in [-0.39, 0.29) is 32.5 Å². The van der Waals surface area contributed by atoms with Gasteiger partial charge in [0.05, 0.1) is 22.1 Å². The summed E-state index contributed by atoms with van der Waals surface area (Å²) in [6.45, 7) is 41.6. The van der Waals surface area contributed by atoms with Crippen molar-refractivity contribution in [1.82, 2.24) is 9.13 Å². The van der Waals surface area contributed by atoms with E-state index in [2.05, 4.69) is 340 Å². The Hall–Kier alpha value is -8.46. The number of rotatable bonds is 6. The Balaban J connectivity index is 1.03. The molecule has 0 saturated heterocycles. The van der Waals surface area contributed by atoms with Gasteiger partial charge in [-0.05, 0) is 229 Å². The molecule has 0 saturated carbocycles. The van der Waals surface area contributed by atoms with Crippen molar-refractivity contribution in [1.29, 1.82) is 0 Å². The van der Waals surface area contributed by atoms with Crippen molar-refractivity contribution in [3.05, 3.63) is 240 Å². The molecule has 0 fully saturated rings. The zero-order chi connectivity index (χ0) is 62.4. The maximum absolute atomic E-state index is 2.50. The summed E-state index contributed by atoms with van der Waals surface area (Å²) < 4.78 is 4.96. The second kappa shape index (κ2) is 20.6. The molecule has 0 N–H and O–H groups in total. The number of hydrogen-bond acceptors (Lipinski definition) is 0. The normalized spacial score (nSPS) is 13.1. The first-order chi connectivity index (χ1) is 41.4. The Bertz CT molecular complexity index is 4450. The van der Waals surface area contributed by atoms with Crippen molar-refractivity contribution in [3.8, 4) is 55.9 Å². The van der Waals surface area contributed by atoms with Crippen LogP contribution in [0.15, 0.2) is 206 Å². The molecule has 88 heavy (non-hydrogen) atoms. The molecule has 0 aliphatic rings. The minimum Gasteiger partial charge on any atom is -0.309 e. The maximum Gasteiger partial charge on any atom is 0.0541 e. The van der Waals surface area contributed by atoms with E-state index in [4.69, 9.17) is 0 Å². The van der Waals surface area contributed by atoms with Crippen LogP contribution >= 0.6 is 0 Å².